The lowest BCUT2D eigenvalue weighted by atomic mass is 9.86. The average Bonchev–Trinajstić information content (AvgIpc) is 2.79. The summed E-state index contributed by atoms with van der Waals surface area (Å²) in [5.74, 6) is -1.09. The van der Waals surface area contributed by atoms with Gasteiger partial charge in [-0.2, -0.15) is 0 Å². The van der Waals surface area contributed by atoms with Gasteiger partial charge >= 0.3 is 11.9 Å². The van der Waals surface area contributed by atoms with Gasteiger partial charge in [0.1, 0.15) is 12.2 Å². The Bertz CT molecular complexity index is 668. The molecule has 0 saturated carbocycles. The van der Waals surface area contributed by atoms with Gasteiger partial charge in [0.25, 0.3) is 0 Å². The molecule has 0 amide bonds. The number of hydrogen-bond donors (Lipinski definition) is 1. The average molecular weight is 346 g/mol. The summed E-state index contributed by atoms with van der Waals surface area (Å²) in [6.45, 7) is 11.0. The SMILES string of the molecule is C=C1C(=O)OC2C=C(C)CC(O)C=C(C)C(OC(=O)C(C)=CC)CC12. The summed E-state index contributed by atoms with van der Waals surface area (Å²) in [7, 11) is 0. The van der Waals surface area contributed by atoms with E-state index in [-0.39, 0.29) is 5.92 Å². The van der Waals surface area contributed by atoms with Gasteiger partial charge in [-0.15, -0.1) is 0 Å². The van der Waals surface area contributed by atoms with Crippen LogP contribution < -0.4 is 0 Å². The molecule has 0 spiro atoms. The molecule has 4 unspecified atom stereocenters. The van der Waals surface area contributed by atoms with Crippen molar-refractivity contribution in [2.75, 3.05) is 0 Å². The molecule has 1 saturated heterocycles. The Morgan fingerprint density at radius 2 is 2.08 bits per heavy atom. The van der Waals surface area contributed by atoms with Crippen molar-refractivity contribution in [3.05, 3.63) is 47.1 Å². The summed E-state index contributed by atoms with van der Waals surface area (Å²) >= 11 is 0. The van der Waals surface area contributed by atoms with E-state index in [1.54, 1.807) is 26.0 Å². The lowest BCUT2D eigenvalue weighted by Gasteiger charge is -2.26. The normalized spacial score (nSPS) is 30.8. The molecule has 1 aliphatic carbocycles. The maximum atomic E-state index is 12.2. The standard InChI is InChI=1S/C20H26O5/c1-6-12(3)19(22)24-17-10-16-14(5)20(23)25-18(16)8-11(2)7-15(21)9-13(17)4/h6,8-9,15-18,21H,5,7,10H2,1-4H3. The Morgan fingerprint density at radius 3 is 2.72 bits per heavy atom. The fourth-order valence-electron chi connectivity index (χ4n) is 3.10. The molecule has 1 aliphatic heterocycles. The summed E-state index contributed by atoms with van der Waals surface area (Å²) in [5, 5.41) is 10.2. The fourth-order valence-corrected chi connectivity index (χ4v) is 3.10. The Hall–Kier alpha value is -2.14. The molecule has 25 heavy (non-hydrogen) atoms. The van der Waals surface area contributed by atoms with Crippen LogP contribution in [0.5, 0.6) is 0 Å². The van der Waals surface area contributed by atoms with Crippen LogP contribution in [0.2, 0.25) is 0 Å². The van der Waals surface area contributed by atoms with Crippen LogP contribution in [0, 0.1) is 5.92 Å². The molecule has 0 radical (unpaired) electrons. The first-order chi connectivity index (χ1) is 11.7. The molecule has 0 bridgehead atoms. The van der Waals surface area contributed by atoms with Gasteiger partial charge in [0.15, 0.2) is 0 Å². The number of aliphatic hydroxyl groups excluding tert-OH is 1. The minimum atomic E-state index is -0.683. The molecule has 0 aromatic carbocycles. The zero-order chi connectivity index (χ0) is 18.7. The van der Waals surface area contributed by atoms with E-state index in [1.807, 2.05) is 19.9 Å². The molecule has 136 valence electrons. The molecule has 0 aromatic heterocycles. The molecule has 1 heterocycles. The number of carbonyl (C=O) groups excluding carboxylic acids is 2. The number of ether oxygens (including phenoxy) is 2. The van der Waals surface area contributed by atoms with Gasteiger partial charge in [0.05, 0.1) is 6.10 Å². The predicted molar refractivity (Wildman–Crippen MR) is 94.6 cm³/mol. The first kappa shape index (κ1) is 19.2. The molecule has 0 aromatic rings. The van der Waals surface area contributed by atoms with E-state index in [2.05, 4.69) is 6.58 Å². The van der Waals surface area contributed by atoms with Crippen LogP contribution in [0.4, 0.5) is 0 Å². The number of allylic oxidation sites excluding steroid dienone is 1. The van der Waals surface area contributed by atoms with Crippen molar-refractivity contribution in [1.82, 2.24) is 0 Å². The third-order valence-electron chi connectivity index (χ3n) is 4.76. The first-order valence-corrected chi connectivity index (χ1v) is 8.50. The number of fused-ring (bicyclic) bond motifs is 1. The van der Waals surface area contributed by atoms with Crippen molar-refractivity contribution >= 4 is 11.9 Å². The van der Waals surface area contributed by atoms with Crippen LogP contribution >= 0.6 is 0 Å². The maximum absolute atomic E-state index is 12.2. The predicted octanol–water partition coefficient (Wildman–Crippen LogP) is 3.01. The second-order valence-electron chi connectivity index (χ2n) is 6.80. The Labute approximate surface area is 148 Å². The van der Waals surface area contributed by atoms with Crippen LogP contribution in [0.25, 0.3) is 0 Å². The minimum Gasteiger partial charge on any atom is -0.454 e. The first-order valence-electron chi connectivity index (χ1n) is 8.50. The molecular formula is C20H26O5. The summed E-state index contributed by atoms with van der Waals surface area (Å²) in [4.78, 5) is 24.1. The lowest BCUT2D eigenvalue weighted by Crippen LogP contribution is -2.28. The lowest BCUT2D eigenvalue weighted by molar-refractivity contribution is -0.144. The van der Waals surface area contributed by atoms with Crippen molar-refractivity contribution in [3.63, 3.8) is 0 Å². The second-order valence-corrected chi connectivity index (χ2v) is 6.80. The summed E-state index contributed by atoms with van der Waals surface area (Å²) in [5.41, 5.74) is 2.60. The maximum Gasteiger partial charge on any atom is 0.334 e. The molecule has 2 rings (SSSR count). The summed E-state index contributed by atoms with van der Waals surface area (Å²) in [6, 6.07) is 0. The Morgan fingerprint density at radius 1 is 1.40 bits per heavy atom. The highest BCUT2D eigenvalue weighted by atomic mass is 16.6. The van der Waals surface area contributed by atoms with Gasteiger partial charge in [-0.1, -0.05) is 24.3 Å². The van der Waals surface area contributed by atoms with E-state index in [0.29, 0.717) is 24.0 Å². The highest BCUT2D eigenvalue weighted by Crippen LogP contribution is 2.35. The zero-order valence-electron chi connectivity index (χ0n) is 15.2. The van der Waals surface area contributed by atoms with Crippen LogP contribution in [-0.4, -0.2) is 35.4 Å². The molecule has 1 fully saturated rings. The summed E-state index contributed by atoms with van der Waals surface area (Å²) in [6.07, 6.45) is 4.39. The van der Waals surface area contributed by atoms with E-state index >= 15 is 0 Å². The molecular weight excluding hydrogens is 320 g/mol. The van der Waals surface area contributed by atoms with Gasteiger partial charge < -0.3 is 14.6 Å². The third-order valence-corrected chi connectivity index (χ3v) is 4.76. The highest BCUT2D eigenvalue weighted by Gasteiger charge is 2.40. The van der Waals surface area contributed by atoms with E-state index in [4.69, 9.17) is 9.47 Å². The van der Waals surface area contributed by atoms with E-state index in [0.717, 1.165) is 11.1 Å². The van der Waals surface area contributed by atoms with Gasteiger partial charge in [0.2, 0.25) is 0 Å². The van der Waals surface area contributed by atoms with Crippen LogP contribution in [0.3, 0.4) is 0 Å². The number of rotatable bonds is 2. The van der Waals surface area contributed by atoms with Crippen molar-refractivity contribution in [2.24, 2.45) is 5.92 Å². The van der Waals surface area contributed by atoms with Gasteiger partial charge in [-0.05, 0) is 52.2 Å². The molecule has 2 aliphatic rings. The number of esters is 2. The van der Waals surface area contributed by atoms with E-state index < -0.39 is 30.3 Å². The zero-order valence-corrected chi connectivity index (χ0v) is 15.2. The third kappa shape index (κ3) is 4.48. The van der Waals surface area contributed by atoms with Gasteiger partial charge in [-0.3, -0.25) is 0 Å². The van der Waals surface area contributed by atoms with Gasteiger partial charge in [-0.25, -0.2) is 9.59 Å². The van der Waals surface area contributed by atoms with Crippen LogP contribution in [0.15, 0.2) is 47.1 Å². The topological polar surface area (TPSA) is 72.8 Å². The van der Waals surface area contributed by atoms with Crippen molar-refractivity contribution in [3.8, 4) is 0 Å². The largest absolute Gasteiger partial charge is 0.454 e. The van der Waals surface area contributed by atoms with Gasteiger partial charge in [0, 0.05) is 17.1 Å². The molecule has 4 atom stereocenters. The van der Waals surface area contributed by atoms with Crippen molar-refractivity contribution in [2.45, 2.75) is 58.8 Å². The molecule has 5 nitrogen and oxygen atoms in total. The monoisotopic (exact) mass is 346 g/mol. The Balaban J connectivity index is 2.36. The highest BCUT2D eigenvalue weighted by molar-refractivity contribution is 5.91. The second kappa shape index (κ2) is 7.83. The molecule has 1 N–H and O–H groups in total. The number of aliphatic hydroxyl groups is 1. The number of carbonyl (C=O) groups is 2. The Kier molecular flexibility index (Phi) is 6.01. The minimum absolute atomic E-state index is 0.259. The van der Waals surface area contributed by atoms with Crippen LogP contribution in [0.1, 0.15) is 40.5 Å². The number of hydrogen-bond acceptors (Lipinski definition) is 5. The quantitative estimate of drug-likeness (QED) is 0.473. The van der Waals surface area contributed by atoms with Crippen molar-refractivity contribution < 1.29 is 24.2 Å². The fraction of sp³-hybridized carbons (Fsp3) is 0.500. The van der Waals surface area contributed by atoms with Crippen molar-refractivity contribution in [1.29, 1.82) is 0 Å². The summed E-state index contributed by atoms with van der Waals surface area (Å²) < 4.78 is 11.0. The van der Waals surface area contributed by atoms with E-state index in [1.165, 1.54) is 0 Å². The molecule has 5 heteroatoms. The van der Waals surface area contributed by atoms with Crippen LogP contribution in [-0.2, 0) is 19.1 Å². The smallest absolute Gasteiger partial charge is 0.334 e. The van der Waals surface area contributed by atoms with E-state index in [9.17, 15) is 14.7 Å².